The summed E-state index contributed by atoms with van der Waals surface area (Å²) in [6, 6.07) is 23.2. The molecular weight excluding hydrogens is 385 g/mol. The van der Waals surface area contributed by atoms with Gasteiger partial charge >= 0.3 is 0 Å². The molecule has 0 radical (unpaired) electrons. The minimum absolute atomic E-state index is 0.127. The Morgan fingerprint density at radius 1 is 0.923 bits per heavy atom. The van der Waals surface area contributed by atoms with Crippen LogP contribution in [0.4, 0.5) is 0 Å². The van der Waals surface area contributed by atoms with Crippen LogP contribution in [0, 0.1) is 0 Å². The molecule has 3 aromatic rings. The summed E-state index contributed by atoms with van der Waals surface area (Å²) in [7, 11) is 0. The Balaban J connectivity index is 1.55. The molecule has 0 aliphatic rings. The maximum Gasteiger partial charge on any atom is 0.251 e. The fraction of sp³-hybridized carbons (Fsp3) is 0.0952. The maximum atomic E-state index is 12.3. The van der Waals surface area contributed by atoms with E-state index < -0.39 is 0 Å². The largest absolute Gasteiger partial charge is 0.348 e. The minimum atomic E-state index is -0.127. The standard InChI is InChI=1S/C21H17Cl2NOS/c22-18-11-10-17(20(23)12-18)13-24-21(25)16-8-6-15(7-9-16)14-26-19-4-2-1-3-5-19/h1-12H,13-14H2,(H,24,25). The van der Waals surface area contributed by atoms with Crippen molar-refractivity contribution in [3.05, 3.63) is 99.5 Å². The Morgan fingerprint density at radius 2 is 1.65 bits per heavy atom. The van der Waals surface area contributed by atoms with Crippen LogP contribution < -0.4 is 5.32 Å². The van der Waals surface area contributed by atoms with Crippen LogP contribution in [0.1, 0.15) is 21.5 Å². The lowest BCUT2D eigenvalue weighted by Gasteiger charge is -2.08. The quantitative estimate of drug-likeness (QED) is 0.496. The highest BCUT2D eigenvalue weighted by atomic mass is 35.5. The van der Waals surface area contributed by atoms with Gasteiger partial charge in [-0.2, -0.15) is 0 Å². The first-order valence-electron chi connectivity index (χ1n) is 8.11. The molecule has 3 aromatic carbocycles. The van der Waals surface area contributed by atoms with Crippen molar-refractivity contribution in [2.75, 3.05) is 0 Å². The third-order valence-corrected chi connectivity index (χ3v) is 5.49. The zero-order chi connectivity index (χ0) is 18.4. The Morgan fingerprint density at radius 3 is 2.35 bits per heavy atom. The first-order valence-corrected chi connectivity index (χ1v) is 9.85. The first kappa shape index (κ1) is 18.8. The van der Waals surface area contributed by atoms with Crippen LogP contribution in [0.5, 0.6) is 0 Å². The van der Waals surface area contributed by atoms with Gasteiger partial charge in [-0.15, -0.1) is 11.8 Å². The van der Waals surface area contributed by atoms with Crippen LogP contribution in [0.25, 0.3) is 0 Å². The van der Waals surface area contributed by atoms with Crippen LogP contribution in [0.3, 0.4) is 0 Å². The van der Waals surface area contributed by atoms with Crippen LogP contribution in [0.2, 0.25) is 10.0 Å². The second kappa shape index (κ2) is 9.13. The zero-order valence-corrected chi connectivity index (χ0v) is 16.2. The van der Waals surface area contributed by atoms with Crippen molar-refractivity contribution < 1.29 is 4.79 Å². The van der Waals surface area contributed by atoms with E-state index in [4.69, 9.17) is 23.2 Å². The van der Waals surface area contributed by atoms with Crippen molar-refractivity contribution in [3.63, 3.8) is 0 Å². The summed E-state index contributed by atoms with van der Waals surface area (Å²) in [5.74, 6) is 0.741. The van der Waals surface area contributed by atoms with Gasteiger partial charge in [0.25, 0.3) is 5.91 Å². The van der Waals surface area contributed by atoms with Crippen molar-refractivity contribution in [1.82, 2.24) is 5.32 Å². The maximum absolute atomic E-state index is 12.3. The number of carbonyl (C=O) groups excluding carboxylic acids is 1. The summed E-state index contributed by atoms with van der Waals surface area (Å²) in [6.07, 6.45) is 0. The normalized spacial score (nSPS) is 10.5. The zero-order valence-electron chi connectivity index (χ0n) is 13.9. The molecule has 0 heterocycles. The molecule has 0 aliphatic heterocycles. The summed E-state index contributed by atoms with van der Waals surface area (Å²) in [5.41, 5.74) is 2.64. The molecule has 0 atom stereocenters. The number of benzene rings is 3. The predicted octanol–water partition coefficient (Wildman–Crippen LogP) is 6.22. The van der Waals surface area contributed by atoms with Crippen molar-refractivity contribution in [2.24, 2.45) is 0 Å². The molecule has 5 heteroatoms. The van der Waals surface area contributed by atoms with E-state index in [0.29, 0.717) is 22.2 Å². The van der Waals surface area contributed by atoms with E-state index in [0.717, 1.165) is 11.3 Å². The molecule has 0 saturated carbocycles. The smallest absolute Gasteiger partial charge is 0.251 e. The molecule has 132 valence electrons. The number of hydrogen-bond donors (Lipinski definition) is 1. The molecule has 0 aromatic heterocycles. The molecule has 3 rings (SSSR count). The average molecular weight is 402 g/mol. The van der Waals surface area contributed by atoms with E-state index in [2.05, 4.69) is 17.4 Å². The van der Waals surface area contributed by atoms with E-state index >= 15 is 0 Å². The lowest BCUT2D eigenvalue weighted by atomic mass is 10.1. The van der Waals surface area contributed by atoms with Crippen molar-refractivity contribution in [1.29, 1.82) is 0 Å². The minimum Gasteiger partial charge on any atom is -0.348 e. The van der Waals surface area contributed by atoms with E-state index in [-0.39, 0.29) is 5.91 Å². The van der Waals surface area contributed by atoms with Gasteiger partial charge in [-0.1, -0.05) is 59.6 Å². The van der Waals surface area contributed by atoms with E-state index in [1.165, 1.54) is 10.5 Å². The van der Waals surface area contributed by atoms with Gasteiger partial charge in [0.1, 0.15) is 0 Å². The van der Waals surface area contributed by atoms with E-state index in [9.17, 15) is 4.79 Å². The van der Waals surface area contributed by atoms with Crippen LogP contribution >= 0.6 is 35.0 Å². The van der Waals surface area contributed by atoms with Gasteiger partial charge in [0.05, 0.1) is 0 Å². The third-order valence-electron chi connectivity index (χ3n) is 3.82. The third kappa shape index (κ3) is 5.28. The molecule has 2 nitrogen and oxygen atoms in total. The molecule has 1 amide bonds. The Kier molecular flexibility index (Phi) is 6.62. The van der Waals surface area contributed by atoms with Crippen molar-refractivity contribution in [2.45, 2.75) is 17.2 Å². The van der Waals surface area contributed by atoms with Gasteiger partial charge in [0.2, 0.25) is 0 Å². The summed E-state index contributed by atoms with van der Waals surface area (Å²) in [4.78, 5) is 13.5. The highest BCUT2D eigenvalue weighted by molar-refractivity contribution is 7.98. The lowest BCUT2D eigenvalue weighted by molar-refractivity contribution is 0.0951. The highest BCUT2D eigenvalue weighted by Gasteiger charge is 2.07. The monoisotopic (exact) mass is 401 g/mol. The van der Waals surface area contributed by atoms with Gasteiger partial charge in [0, 0.05) is 32.8 Å². The number of hydrogen-bond acceptors (Lipinski definition) is 2. The summed E-state index contributed by atoms with van der Waals surface area (Å²) < 4.78 is 0. The SMILES string of the molecule is O=C(NCc1ccc(Cl)cc1Cl)c1ccc(CSc2ccccc2)cc1. The van der Waals surface area contributed by atoms with Crippen LogP contribution in [-0.2, 0) is 12.3 Å². The Bertz CT molecular complexity index is 882. The van der Waals surface area contributed by atoms with E-state index in [1.54, 1.807) is 23.9 Å². The van der Waals surface area contributed by atoms with Crippen molar-refractivity contribution >= 4 is 40.9 Å². The van der Waals surface area contributed by atoms with Gasteiger partial charge in [-0.3, -0.25) is 4.79 Å². The molecule has 0 unspecified atom stereocenters. The molecule has 0 fully saturated rings. The molecule has 0 spiro atoms. The van der Waals surface area contributed by atoms with Crippen molar-refractivity contribution in [3.8, 4) is 0 Å². The molecular formula is C21H17Cl2NOS. The molecule has 1 N–H and O–H groups in total. The number of amides is 1. The second-order valence-corrected chi connectivity index (χ2v) is 7.61. The molecule has 0 bridgehead atoms. The predicted molar refractivity (Wildman–Crippen MR) is 110 cm³/mol. The van der Waals surface area contributed by atoms with Gasteiger partial charge in [-0.05, 0) is 47.5 Å². The number of halogens is 2. The van der Waals surface area contributed by atoms with Crippen LogP contribution in [-0.4, -0.2) is 5.91 Å². The summed E-state index contributed by atoms with van der Waals surface area (Å²) in [6.45, 7) is 0.362. The molecule has 0 aliphatic carbocycles. The number of nitrogens with one attached hydrogen (secondary N) is 1. The fourth-order valence-corrected chi connectivity index (χ4v) is 3.73. The number of carbonyl (C=O) groups is 1. The van der Waals surface area contributed by atoms with Gasteiger partial charge in [-0.25, -0.2) is 0 Å². The van der Waals surface area contributed by atoms with E-state index in [1.807, 2.05) is 48.5 Å². The summed E-state index contributed by atoms with van der Waals surface area (Å²) >= 11 is 13.8. The Labute approximate surface area is 167 Å². The topological polar surface area (TPSA) is 29.1 Å². The van der Waals surface area contributed by atoms with Gasteiger partial charge in [0.15, 0.2) is 0 Å². The lowest BCUT2D eigenvalue weighted by Crippen LogP contribution is -2.22. The Hall–Kier alpha value is -1.94. The second-order valence-electron chi connectivity index (χ2n) is 5.72. The summed E-state index contributed by atoms with van der Waals surface area (Å²) in [5, 5.41) is 4.01. The molecule has 26 heavy (non-hydrogen) atoms. The first-order chi connectivity index (χ1) is 12.6. The van der Waals surface area contributed by atoms with Gasteiger partial charge < -0.3 is 5.32 Å². The molecule has 0 saturated heterocycles. The highest BCUT2D eigenvalue weighted by Crippen LogP contribution is 2.23. The average Bonchev–Trinajstić information content (AvgIpc) is 2.67. The number of thioether (sulfide) groups is 1. The van der Waals surface area contributed by atoms with Crippen LogP contribution in [0.15, 0.2) is 77.7 Å². The number of rotatable bonds is 6. The fourth-order valence-electron chi connectivity index (χ4n) is 2.38.